The Hall–Kier alpha value is -2.31. The van der Waals surface area contributed by atoms with Crippen molar-refractivity contribution >= 4 is 17.8 Å². The number of alkyl carbamates (subject to hydrolysis) is 1. The second-order valence-electron chi connectivity index (χ2n) is 6.34. The highest BCUT2D eigenvalue weighted by Crippen LogP contribution is 2.28. The summed E-state index contributed by atoms with van der Waals surface area (Å²) in [4.78, 5) is 25.1. The molecule has 1 heterocycles. The van der Waals surface area contributed by atoms with Crippen LogP contribution >= 0.6 is 0 Å². The fraction of sp³-hybridized carbons (Fsp3) is 0.500. The number of carbonyl (C=O) groups excluding carboxylic acids is 2. The van der Waals surface area contributed by atoms with Crippen molar-refractivity contribution in [3.8, 4) is 0 Å². The summed E-state index contributed by atoms with van der Waals surface area (Å²) in [5.74, 6) is -0.366. The fourth-order valence-electron chi connectivity index (χ4n) is 2.31. The summed E-state index contributed by atoms with van der Waals surface area (Å²) in [5, 5.41) is 5.26. The van der Waals surface area contributed by atoms with Crippen LogP contribution in [0.2, 0.25) is 0 Å². The molecular weight excluding hydrogens is 301 g/mol. The molecule has 126 valence electrons. The maximum absolute atomic E-state index is 13.3. The van der Waals surface area contributed by atoms with Crippen molar-refractivity contribution < 1.29 is 18.7 Å². The van der Waals surface area contributed by atoms with E-state index in [9.17, 15) is 14.0 Å². The topological polar surface area (TPSA) is 70.7 Å². The molecule has 1 aliphatic rings. The van der Waals surface area contributed by atoms with Crippen LogP contribution in [0.25, 0.3) is 0 Å². The van der Waals surface area contributed by atoms with Crippen LogP contribution in [-0.4, -0.2) is 37.4 Å². The number of rotatable bonds is 3. The van der Waals surface area contributed by atoms with E-state index >= 15 is 0 Å². The van der Waals surface area contributed by atoms with Gasteiger partial charge in [-0.05, 0) is 44.9 Å². The molecule has 0 atom stereocenters. The molecule has 1 aromatic rings. The van der Waals surface area contributed by atoms with E-state index in [1.54, 1.807) is 26.8 Å². The molecule has 1 aliphatic heterocycles. The zero-order valence-electron chi connectivity index (χ0n) is 13.6. The lowest BCUT2D eigenvalue weighted by atomic mass is 10.2. The Morgan fingerprint density at radius 2 is 1.96 bits per heavy atom. The number of nitrogens with one attached hydrogen (secondary N) is 2. The van der Waals surface area contributed by atoms with Crippen LogP contribution in [-0.2, 0) is 11.2 Å². The molecule has 6 nitrogen and oxygen atoms in total. The van der Waals surface area contributed by atoms with Crippen LogP contribution in [0.1, 0.15) is 26.3 Å². The third-order valence-corrected chi connectivity index (χ3v) is 3.26. The van der Waals surface area contributed by atoms with Crippen LogP contribution in [0, 0.1) is 5.82 Å². The lowest BCUT2D eigenvalue weighted by molar-refractivity contribution is 0.0528. The number of fused-ring (bicyclic) bond motifs is 1. The quantitative estimate of drug-likeness (QED) is 0.839. The molecule has 0 spiro atoms. The van der Waals surface area contributed by atoms with Crippen molar-refractivity contribution in [2.75, 3.05) is 24.5 Å². The number of urea groups is 1. The van der Waals surface area contributed by atoms with Gasteiger partial charge in [-0.3, -0.25) is 4.90 Å². The number of halogens is 1. The van der Waals surface area contributed by atoms with E-state index in [1.165, 1.54) is 17.0 Å². The fourth-order valence-corrected chi connectivity index (χ4v) is 2.31. The van der Waals surface area contributed by atoms with Crippen molar-refractivity contribution in [2.24, 2.45) is 0 Å². The van der Waals surface area contributed by atoms with Gasteiger partial charge in [0.25, 0.3) is 0 Å². The van der Waals surface area contributed by atoms with Crippen molar-refractivity contribution in [1.29, 1.82) is 0 Å². The third-order valence-electron chi connectivity index (χ3n) is 3.26. The van der Waals surface area contributed by atoms with Gasteiger partial charge >= 0.3 is 12.1 Å². The van der Waals surface area contributed by atoms with Gasteiger partial charge < -0.3 is 15.4 Å². The zero-order valence-corrected chi connectivity index (χ0v) is 13.6. The van der Waals surface area contributed by atoms with E-state index in [1.807, 2.05) is 0 Å². The first-order chi connectivity index (χ1) is 10.8. The molecule has 0 saturated carbocycles. The average Bonchev–Trinajstić information content (AvgIpc) is 2.84. The first-order valence-corrected chi connectivity index (χ1v) is 7.57. The number of hydrogen-bond acceptors (Lipinski definition) is 3. The summed E-state index contributed by atoms with van der Waals surface area (Å²) < 4.78 is 18.4. The number of hydrogen-bond donors (Lipinski definition) is 2. The number of amides is 3. The van der Waals surface area contributed by atoms with E-state index in [2.05, 4.69) is 10.6 Å². The highest BCUT2D eigenvalue weighted by Gasteiger charge is 2.24. The van der Waals surface area contributed by atoms with Crippen LogP contribution in [0.3, 0.4) is 0 Å². The minimum atomic E-state index is -0.559. The molecule has 3 amide bonds. The number of nitrogens with zero attached hydrogens (tertiary/aromatic N) is 1. The SMILES string of the molecule is CC(C)(C)OC(=O)NCCNC(=O)N1CCc2ccc(F)cc21. The molecule has 0 aromatic heterocycles. The van der Waals surface area contributed by atoms with Gasteiger partial charge in [-0.25, -0.2) is 14.0 Å². The number of carbonyl (C=O) groups is 2. The highest BCUT2D eigenvalue weighted by atomic mass is 19.1. The molecule has 0 bridgehead atoms. The Kier molecular flexibility index (Phi) is 5.08. The standard InChI is InChI=1S/C16H22FN3O3/c1-16(2,3)23-15(22)19-8-7-18-14(21)20-9-6-11-4-5-12(17)10-13(11)20/h4-5,10H,6-9H2,1-3H3,(H,18,21)(H,19,22). The molecule has 1 aromatic carbocycles. The Morgan fingerprint density at radius 1 is 1.26 bits per heavy atom. The van der Waals surface area contributed by atoms with Gasteiger partial charge in [0.05, 0.1) is 5.69 Å². The summed E-state index contributed by atoms with van der Waals surface area (Å²) in [7, 11) is 0. The summed E-state index contributed by atoms with van der Waals surface area (Å²) in [6.45, 7) is 6.36. The van der Waals surface area contributed by atoms with E-state index in [0.717, 1.165) is 5.56 Å². The van der Waals surface area contributed by atoms with Crippen LogP contribution < -0.4 is 15.5 Å². The lowest BCUT2D eigenvalue weighted by Gasteiger charge is -2.20. The number of ether oxygens (including phenoxy) is 1. The Morgan fingerprint density at radius 3 is 2.65 bits per heavy atom. The maximum atomic E-state index is 13.3. The minimum absolute atomic E-state index is 0.254. The molecular formula is C16H22FN3O3. The van der Waals surface area contributed by atoms with Crippen LogP contribution in [0.4, 0.5) is 19.7 Å². The van der Waals surface area contributed by atoms with Gasteiger partial charge in [0.1, 0.15) is 11.4 Å². The van der Waals surface area contributed by atoms with Crippen molar-refractivity contribution in [2.45, 2.75) is 32.8 Å². The zero-order chi connectivity index (χ0) is 17.0. The van der Waals surface area contributed by atoms with E-state index < -0.39 is 11.7 Å². The third kappa shape index (κ3) is 4.84. The van der Waals surface area contributed by atoms with Crippen molar-refractivity contribution in [1.82, 2.24) is 10.6 Å². The van der Waals surface area contributed by atoms with E-state index in [-0.39, 0.29) is 24.9 Å². The normalized spacial score (nSPS) is 13.5. The predicted octanol–water partition coefficient (Wildman–Crippen LogP) is 2.42. The molecule has 0 unspecified atom stereocenters. The molecule has 23 heavy (non-hydrogen) atoms. The van der Waals surface area contributed by atoms with Gasteiger partial charge in [-0.15, -0.1) is 0 Å². The van der Waals surface area contributed by atoms with Gasteiger partial charge in [0, 0.05) is 19.6 Å². The summed E-state index contributed by atoms with van der Waals surface area (Å²) in [6.07, 6.45) is 0.180. The number of anilines is 1. The number of benzene rings is 1. The summed E-state index contributed by atoms with van der Waals surface area (Å²) in [6, 6.07) is 4.15. The molecule has 0 aliphatic carbocycles. The van der Waals surface area contributed by atoms with Gasteiger partial charge in [0.15, 0.2) is 0 Å². The highest BCUT2D eigenvalue weighted by molar-refractivity contribution is 5.94. The Labute approximate surface area is 135 Å². The average molecular weight is 323 g/mol. The molecule has 2 rings (SSSR count). The summed E-state index contributed by atoms with van der Waals surface area (Å²) >= 11 is 0. The first-order valence-electron chi connectivity index (χ1n) is 7.57. The Bertz CT molecular complexity index is 599. The molecule has 0 radical (unpaired) electrons. The molecule has 0 saturated heterocycles. The first kappa shape index (κ1) is 17.1. The molecule has 7 heteroatoms. The largest absolute Gasteiger partial charge is 0.444 e. The van der Waals surface area contributed by atoms with Crippen LogP contribution in [0.5, 0.6) is 0 Å². The monoisotopic (exact) mass is 323 g/mol. The van der Waals surface area contributed by atoms with Crippen LogP contribution in [0.15, 0.2) is 18.2 Å². The lowest BCUT2D eigenvalue weighted by Crippen LogP contribution is -2.43. The van der Waals surface area contributed by atoms with Gasteiger partial charge in [-0.1, -0.05) is 6.07 Å². The predicted molar refractivity (Wildman–Crippen MR) is 85.1 cm³/mol. The van der Waals surface area contributed by atoms with Gasteiger partial charge in [0.2, 0.25) is 0 Å². The minimum Gasteiger partial charge on any atom is -0.444 e. The second-order valence-corrected chi connectivity index (χ2v) is 6.34. The summed E-state index contributed by atoms with van der Waals surface area (Å²) in [5.41, 5.74) is 0.993. The molecule has 0 fully saturated rings. The van der Waals surface area contributed by atoms with E-state index in [4.69, 9.17) is 4.74 Å². The van der Waals surface area contributed by atoms with Crippen molar-refractivity contribution in [3.63, 3.8) is 0 Å². The second kappa shape index (κ2) is 6.85. The Balaban J connectivity index is 1.77. The maximum Gasteiger partial charge on any atom is 0.407 e. The van der Waals surface area contributed by atoms with E-state index in [0.29, 0.717) is 18.7 Å². The molecule has 2 N–H and O–H groups in total. The smallest absolute Gasteiger partial charge is 0.407 e. The van der Waals surface area contributed by atoms with Crippen molar-refractivity contribution in [3.05, 3.63) is 29.6 Å². The van der Waals surface area contributed by atoms with Gasteiger partial charge in [-0.2, -0.15) is 0 Å².